The van der Waals surface area contributed by atoms with Gasteiger partial charge in [0.2, 0.25) is 0 Å². The number of anilines is 1. The topological polar surface area (TPSA) is 33.5 Å². The molecule has 4 rings (SSSR count). The van der Waals surface area contributed by atoms with Gasteiger partial charge in [-0.1, -0.05) is 0 Å². The predicted molar refractivity (Wildman–Crippen MR) is 84.9 cm³/mol. The largest absolute Gasteiger partial charge is 0.423 e. The first-order valence-corrected chi connectivity index (χ1v) is 7.98. The molecular weight excluding hydrogens is 262 g/mol. The Morgan fingerprint density at radius 2 is 1.76 bits per heavy atom. The monoisotopic (exact) mass is 283 g/mol. The molecule has 2 saturated carbocycles. The van der Waals surface area contributed by atoms with Crippen LogP contribution in [0.2, 0.25) is 0 Å². The summed E-state index contributed by atoms with van der Waals surface area (Å²) < 4.78 is 5.39. The third-order valence-electron chi connectivity index (χ3n) is 4.65. The van der Waals surface area contributed by atoms with Gasteiger partial charge in [0, 0.05) is 36.3 Å². The number of nitrogens with zero attached hydrogens (tertiary/aromatic N) is 1. The molecule has 110 valence electrons. The normalized spacial score (nSPS) is 18.1. The summed E-state index contributed by atoms with van der Waals surface area (Å²) in [6, 6.07) is 7.89. The van der Waals surface area contributed by atoms with Crippen LogP contribution in [-0.4, -0.2) is 13.1 Å². The summed E-state index contributed by atoms with van der Waals surface area (Å²) in [6.07, 6.45) is 5.46. The van der Waals surface area contributed by atoms with Crippen molar-refractivity contribution in [2.45, 2.75) is 32.6 Å². The number of hydrogen-bond acceptors (Lipinski definition) is 3. The second-order valence-electron chi connectivity index (χ2n) is 6.72. The molecule has 2 aliphatic rings. The fraction of sp³-hybridized carbons (Fsp3) is 0.500. The Hall–Kier alpha value is -1.77. The van der Waals surface area contributed by atoms with Crippen molar-refractivity contribution in [1.29, 1.82) is 0 Å². The number of rotatable bonds is 5. The Balaban J connectivity index is 1.70. The van der Waals surface area contributed by atoms with Crippen molar-refractivity contribution in [1.82, 2.24) is 0 Å². The van der Waals surface area contributed by atoms with Gasteiger partial charge in [-0.15, -0.1) is 0 Å². The maximum Gasteiger partial charge on any atom is 0.336 e. The molecule has 2 aliphatic carbocycles. The van der Waals surface area contributed by atoms with Gasteiger partial charge < -0.3 is 9.32 Å². The highest BCUT2D eigenvalue weighted by molar-refractivity contribution is 5.83. The fourth-order valence-electron chi connectivity index (χ4n) is 3.02. The molecule has 21 heavy (non-hydrogen) atoms. The van der Waals surface area contributed by atoms with Gasteiger partial charge in [-0.3, -0.25) is 0 Å². The first-order chi connectivity index (χ1) is 10.2. The Kier molecular flexibility index (Phi) is 3.02. The van der Waals surface area contributed by atoms with Gasteiger partial charge >= 0.3 is 5.63 Å². The lowest BCUT2D eigenvalue weighted by Gasteiger charge is -2.25. The van der Waals surface area contributed by atoms with Crippen molar-refractivity contribution < 1.29 is 4.42 Å². The summed E-state index contributed by atoms with van der Waals surface area (Å²) in [5, 5.41) is 1.04. The molecular formula is C18H21NO2. The fourth-order valence-corrected chi connectivity index (χ4v) is 3.02. The Labute approximate surface area is 124 Å². The molecule has 0 N–H and O–H groups in total. The molecule has 0 spiro atoms. The Morgan fingerprint density at radius 1 is 1.10 bits per heavy atom. The van der Waals surface area contributed by atoms with Crippen molar-refractivity contribution in [2.75, 3.05) is 18.0 Å². The molecule has 0 saturated heterocycles. The van der Waals surface area contributed by atoms with Crippen LogP contribution >= 0.6 is 0 Å². The maximum absolute atomic E-state index is 11.6. The molecule has 2 fully saturated rings. The van der Waals surface area contributed by atoms with E-state index in [4.69, 9.17) is 4.42 Å². The van der Waals surface area contributed by atoms with Gasteiger partial charge in [0.05, 0.1) is 0 Å². The minimum Gasteiger partial charge on any atom is -0.423 e. The molecule has 1 heterocycles. The predicted octanol–water partition coefficient (Wildman–Crippen LogP) is 3.73. The van der Waals surface area contributed by atoms with Crippen LogP contribution in [0.3, 0.4) is 0 Å². The van der Waals surface area contributed by atoms with E-state index in [1.165, 1.54) is 31.4 Å². The molecule has 0 atom stereocenters. The summed E-state index contributed by atoms with van der Waals surface area (Å²) in [4.78, 5) is 14.1. The van der Waals surface area contributed by atoms with E-state index in [0.717, 1.165) is 35.9 Å². The standard InChI is InChI=1S/C18H21NO2/c1-12-8-18(20)21-17-9-15(6-7-16(12)17)19(10-13-2-3-13)11-14-4-5-14/h6-9,13-14H,2-5,10-11H2,1H3. The molecule has 0 amide bonds. The van der Waals surface area contributed by atoms with E-state index in [9.17, 15) is 4.79 Å². The summed E-state index contributed by atoms with van der Waals surface area (Å²) in [5.41, 5.74) is 2.65. The van der Waals surface area contributed by atoms with Crippen molar-refractivity contribution in [3.05, 3.63) is 40.2 Å². The molecule has 0 aliphatic heterocycles. The molecule has 0 unspecified atom stereocenters. The lowest BCUT2D eigenvalue weighted by Crippen LogP contribution is -2.28. The van der Waals surface area contributed by atoms with E-state index < -0.39 is 0 Å². The maximum atomic E-state index is 11.6. The van der Waals surface area contributed by atoms with Gasteiger partial charge in [0.25, 0.3) is 0 Å². The highest BCUT2D eigenvalue weighted by atomic mass is 16.4. The molecule has 2 aromatic rings. The molecule has 3 heteroatoms. The van der Waals surface area contributed by atoms with Crippen LogP contribution in [0.1, 0.15) is 31.2 Å². The highest BCUT2D eigenvalue weighted by Gasteiger charge is 2.29. The summed E-state index contributed by atoms with van der Waals surface area (Å²) in [5.74, 6) is 1.73. The van der Waals surface area contributed by atoms with Gasteiger partial charge in [-0.2, -0.15) is 0 Å². The van der Waals surface area contributed by atoms with Gasteiger partial charge in [-0.05, 0) is 62.1 Å². The first-order valence-electron chi connectivity index (χ1n) is 7.98. The number of fused-ring (bicyclic) bond motifs is 1. The quantitative estimate of drug-likeness (QED) is 0.784. The van der Waals surface area contributed by atoms with E-state index in [1.54, 1.807) is 6.07 Å². The van der Waals surface area contributed by atoms with Crippen molar-refractivity contribution in [3.8, 4) is 0 Å². The smallest absolute Gasteiger partial charge is 0.336 e. The molecule has 1 aromatic carbocycles. The minimum atomic E-state index is -0.256. The van der Waals surface area contributed by atoms with Crippen LogP contribution in [0.4, 0.5) is 5.69 Å². The van der Waals surface area contributed by atoms with Crippen LogP contribution in [0.25, 0.3) is 11.0 Å². The Morgan fingerprint density at radius 3 is 2.38 bits per heavy atom. The first kappa shape index (κ1) is 12.9. The zero-order valence-electron chi connectivity index (χ0n) is 12.5. The van der Waals surface area contributed by atoms with Crippen LogP contribution < -0.4 is 10.5 Å². The molecule has 1 aromatic heterocycles. The second-order valence-corrected chi connectivity index (χ2v) is 6.72. The SMILES string of the molecule is Cc1cc(=O)oc2cc(N(CC3CC3)CC3CC3)ccc12. The third kappa shape index (κ3) is 2.82. The van der Waals surface area contributed by atoms with Crippen molar-refractivity contribution >= 4 is 16.7 Å². The van der Waals surface area contributed by atoms with E-state index in [1.807, 2.05) is 6.92 Å². The van der Waals surface area contributed by atoms with Crippen LogP contribution in [0.5, 0.6) is 0 Å². The summed E-state index contributed by atoms with van der Waals surface area (Å²) in [7, 11) is 0. The number of aryl methyl sites for hydroxylation is 1. The van der Waals surface area contributed by atoms with Gasteiger partial charge in [-0.25, -0.2) is 4.79 Å². The van der Waals surface area contributed by atoms with E-state index in [-0.39, 0.29) is 5.63 Å². The van der Waals surface area contributed by atoms with E-state index in [2.05, 4.69) is 23.1 Å². The zero-order valence-corrected chi connectivity index (χ0v) is 12.5. The lowest BCUT2D eigenvalue weighted by molar-refractivity contribution is 0.559. The Bertz CT molecular complexity index is 712. The third-order valence-corrected chi connectivity index (χ3v) is 4.65. The molecule has 0 bridgehead atoms. The number of hydrogen-bond donors (Lipinski definition) is 0. The van der Waals surface area contributed by atoms with Gasteiger partial charge in [0.15, 0.2) is 0 Å². The van der Waals surface area contributed by atoms with Crippen molar-refractivity contribution in [3.63, 3.8) is 0 Å². The minimum absolute atomic E-state index is 0.256. The molecule has 0 radical (unpaired) electrons. The number of benzene rings is 1. The van der Waals surface area contributed by atoms with Crippen molar-refractivity contribution in [2.24, 2.45) is 11.8 Å². The van der Waals surface area contributed by atoms with Gasteiger partial charge in [0.1, 0.15) is 5.58 Å². The average molecular weight is 283 g/mol. The van der Waals surface area contributed by atoms with E-state index >= 15 is 0 Å². The van der Waals surface area contributed by atoms with Crippen LogP contribution in [0, 0.1) is 18.8 Å². The highest BCUT2D eigenvalue weighted by Crippen LogP contribution is 2.36. The zero-order chi connectivity index (χ0) is 14.4. The van der Waals surface area contributed by atoms with Crippen LogP contribution in [-0.2, 0) is 0 Å². The van der Waals surface area contributed by atoms with E-state index in [0.29, 0.717) is 5.58 Å². The summed E-state index contributed by atoms with van der Waals surface area (Å²) in [6.45, 7) is 4.27. The molecule has 3 nitrogen and oxygen atoms in total. The second kappa shape index (κ2) is 4.90. The lowest BCUT2D eigenvalue weighted by atomic mass is 10.1. The summed E-state index contributed by atoms with van der Waals surface area (Å²) >= 11 is 0. The average Bonchev–Trinajstić information content (AvgIpc) is 3.32. The van der Waals surface area contributed by atoms with Crippen LogP contribution in [0.15, 0.2) is 33.5 Å².